The van der Waals surface area contributed by atoms with E-state index in [2.05, 4.69) is 5.10 Å². The van der Waals surface area contributed by atoms with Crippen LogP contribution in [-0.4, -0.2) is 21.4 Å². The van der Waals surface area contributed by atoms with Crippen LogP contribution in [0.3, 0.4) is 0 Å². The number of esters is 1. The van der Waals surface area contributed by atoms with Gasteiger partial charge in [-0.15, -0.1) is 0 Å². The summed E-state index contributed by atoms with van der Waals surface area (Å²) in [6.45, 7) is 5.55. The topological polar surface area (TPSA) is 44.1 Å². The van der Waals surface area contributed by atoms with Crippen molar-refractivity contribution in [3.63, 3.8) is 0 Å². The van der Waals surface area contributed by atoms with Gasteiger partial charge in [-0.2, -0.15) is 5.10 Å². The summed E-state index contributed by atoms with van der Waals surface area (Å²) in [5, 5.41) is 4.10. The lowest BCUT2D eigenvalue weighted by molar-refractivity contribution is -0.153. The van der Waals surface area contributed by atoms with Crippen molar-refractivity contribution in [1.29, 1.82) is 0 Å². The minimum absolute atomic E-state index is 0.234. The molecule has 1 aromatic heterocycles. The molecule has 0 unspecified atom stereocenters. The smallest absolute Gasteiger partial charge is 0.312 e. The predicted octanol–water partition coefficient (Wildman–Crippen LogP) is 1.30. The molecule has 14 heavy (non-hydrogen) atoms. The third kappa shape index (κ3) is 3.60. The minimum atomic E-state index is -0.425. The van der Waals surface area contributed by atoms with Gasteiger partial charge >= 0.3 is 5.97 Å². The first-order valence-corrected chi connectivity index (χ1v) is 4.57. The first-order valence-electron chi connectivity index (χ1n) is 4.57. The average molecular weight is 196 g/mol. The highest BCUT2D eigenvalue weighted by Gasteiger charge is 2.17. The zero-order valence-electron chi connectivity index (χ0n) is 9.07. The normalized spacial score (nSPS) is 11.4. The van der Waals surface area contributed by atoms with Crippen LogP contribution in [0.15, 0.2) is 12.3 Å². The highest BCUT2D eigenvalue weighted by molar-refractivity contribution is 5.72. The maximum atomic E-state index is 11.4. The van der Waals surface area contributed by atoms with Crippen molar-refractivity contribution in [2.24, 2.45) is 7.05 Å². The summed E-state index contributed by atoms with van der Waals surface area (Å²) in [5.74, 6) is -0.240. The van der Waals surface area contributed by atoms with E-state index in [9.17, 15) is 4.79 Å². The van der Waals surface area contributed by atoms with Crippen molar-refractivity contribution in [3.8, 4) is 0 Å². The Bertz CT molecular complexity index is 323. The van der Waals surface area contributed by atoms with E-state index in [0.29, 0.717) is 0 Å². The number of rotatable bonds is 2. The zero-order chi connectivity index (χ0) is 10.8. The van der Waals surface area contributed by atoms with Crippen molar-refractivity contribution in [2.45, 2.75) is 32.8 Å². The molecule has 4 nitrogen and oxygen atoms in total. The molecule has 0 saturated carbocycles. The lowest BCUT2D eigenvalue weighted by Crippen LogP contribution is -2.25. The van der Waals surface area contributed by atoms with Gasteiger partial charge in [-0.25, -0.2) is 0 Å². The molecule has 0 N–H and O–H groups in total. The molecule has 0 spiro atoms. The molecule has 0 aliphatic heterocycles. The number of ether oxygens (including phenoxy) is 1. The summed E-state index contributed by atoms with van der Waals surface area (Å²) in [6.07, 6.45) is 2.04. The van der Waals surface area contributed by atoms with Crippen LogP contribution in [-0.2, 0) is 23.0 Å². The number of nitrogens with zero attached hydrogens (tertiary/aromatic N) is 2. The Labute approximate surface area is 83.9 Å². The number of hydrogen-bond donors (Lipinski definition) is 0. The second-order valence-corrected chi connectivity index (χ2v) is 4.24. The van der Waals surface area contributed by atoms with Crippen LogP contribution >= 0.6 is 0 Å². The maximum Gasteiger partial charge on any atom is 0.312 e. The van der Waals surface area contributed by atoms with Crippen LogP contribution in [0, 0.1) is 0 Å². The average Bonchev–Trinajstić information content (AvgIpc) is 2.30. The van der Waals surface area contributed by atoms with Crippen LogP contribution in [0.2, 0.25) is 0 Å². The molecule has 1 rings (SSSR count). The minimum Gasteiger partial charge on any atom is -0.460 e. The molecule has 0 bridgehead atoms. The van der Waals surface area contributed by atoms with Crippen molar-refractivity contribution in [2.75, 3.05) is 0 Å². The zero-order valence-corrected chi connectivity index (χ0v) is 9.07. The van der Waals surface area contributed by atoms with E-state index in [4.69, 9.17) is 4.74 Å². The van der Waals surface area contributed by atoms with E-state index in [1.807, 2.05) is 33.9 Å². The van der Waals surface area contributed by atoms with Gasteiger partial charge in [0.25, 0.3) is 0 Å². The van der Waals surface area contributed by atoms with Crippen molar-refractivity contribution in [1.82, 2.24) is 9.78 Å². The fourth-order valence-corrected chi connectivity index (χ4v) is 1.08. The van der Waals surface area contributed by atoms with E-state index < -0.39 is 5.60 Å². The fourth-order valence-electron chi connectivity index (χ4n) is 1.08. The quantitative estimate of drug-likeness (QED) is 0.670. The van der Waals surface area contributed by atoms with Crippen molar-refractivity contribution < 1.29 is 9.53 Å². The second kappa shape index (κ2) is 3.82. The number of aromatic nitrogens is 2. The number of carbonyl (C=O) groups is 1. The van der Waals surface area contributed by atoms with Crippen LogP contribution in [0.25, 0.3) is 0 Å². The molecule has 0 fully saturated rings. The molecule has 0 aliphatic carbocycles. The Morgan fingerprint density at radius 3 is 2.64 bits per heavy atom. The molecule has 0 amide bonds. The van der Waals surface area contributed by atoms with E-state index in [-0.39, 0.29) is 12.4 Å². The number of carbonyl (C=O) groups excluding carboxylic acids is 1. The summed E-state index contributed by atoms with van der Waals surface area (Å²) >= 11 is 0. The highest BCUT2D eigenvalue weighted by atomic mass is 16.6. The Kier molecular flexibility index (Phi) is 2.93. The molecule has 1 aromatic rings. The van der Waals surface area contributed by atoms with E-state index in [0.717, 1.165) is 5.69 Å². The number of hydrogen-bond acceptors (Lipinski definition) is 3. The van der Waals surface area contributed by atoms with E-state index in [1.165, 1.54) is 0 Å². The predicted molar refractivity (Wildman–Crippen MR) is 52.8 cm³/mol. The lowest BCUT2D eigenvalue weighted by atomic mass is 10.2. The van der Waals surface area contributed by atoms with Gasteiger partial charge in [0.2, 0.25) is 0 Å². The first kappa shape index (κ1) is 10.8. The van der Waals surface area contributed by atoms with Gasteiger partial charge in [-0.1, -0.05) is 0 Å². The van der Waals surface area contributed by atoms with Gasteiger partial charge in [0.1, 0.15) is 5.60 Å². The van der Waals surface area contributed by atoms with Crippen LogP contribution in [0.1, 0.15) is 26.5 Å². The maximum absolute atomic E-state index is 11.4. The summed E-state index contributed by atoms with van der Waals surface area (Å²) in [7, 11) is 1.82. The Balaban J connectivity index is 2.50. The molecular formula is C10H16N2O2. The molecule has 4 heteroatoms. The third-order valence-electron chi connectivity index (χ3n) is 1.51. The van der Waals surface area contributed by atoms with Crippen LogP contribution < -0.4 is 0 Å². The van der Waals surface area contributed by atoms with Crippen molar-refractivity contribution >= 4 is 5.97 Å². The van der Waals surface area contributed by atoms with Gasteiger partial charge in [-0.05, 0) is 26.8 Å². The summed E-state index contributed by atoms with van der Waals surface area (Å²) in [5.41, 5.74) is 0.313. The molecule has 0 radical (unpaired) electrons. The molecule has 0 saturated heterocycles. The fraction of sp³-hybridized carbons (Fsp3) is 0.600. The van der Waals surface area contributed by atoms with Crippen molar-refractivity contribution in [3.05, 3.63) is 18.0 Å². The lowest BCUT2D eigenvalue weighted by Gasteiger charge is -2.18. The van der Waals surface area contributed by atoms with E-state index >= 15 is 0 Å². The summed E-state index contributed by atoms with van der Waals surface area (Å²) < 4.78 is 6.83. The molecule has 0 aliphatic rings. The SMILES string of the molecule is Cn1ccc(CC(=O)OC(C)(C)C)n1. The molecule has 78 valence electrons. The largest absolute Gasteiger partial charge is 0.460 e. The van der Waals surface area contributed by atoms with Crippen LogP contribution in [0.5, 0.6) is 0 Å². The standard InChI is InChI=1S/C10H16N2O2/c1-10(2,3)14-9(13)7-8-5-6-12(4)11-8/h5-6H,7H2,1-4H3. The summed E-state index contributed by atoms with van der Waals surface area (Å²) in [6, 6.07) is 1.81. The van der Waals surface area contributed by atoms with Gasteiger partial charge < -0.3 is 4.74 Å². The van der Waals surface area contributed by atoms with E-state index in [1.54, 1.807) is 10.9 Å². The van der Waals surface area contributed by atoms with Gasteiger partial charge in [0, 0.05) is 13.2 Å². The number of aryl methyl sites for hydroxylation is 1. The Morgan fingerprint density at radius 2 is 2.21 bits per heavy atom. The van der Waals surface area contributed by atoms with Gasteiger partial charge in [0.15, 0.2) is 0 Å². The van der Waals surface area contributed by atoms with Gasteiger partial charge in [-0.3, -0.25) is 9.48 Å². The molecule has 0 atom stereocenters. The monoisotopic (exact) mass is 196 g/mol. The van der Waals surface area contributed by atoms with Crippen LogP contribution in [0.4, 0.5) is 0 Å². The molecule has 0 aromatic carbocycles. The molecule has 1 heterocycles. The Morgan fingerprint density at radius 1 is 1.57 bits per heavy atom. The van der Waals surface area contributed by atoms with Gasteiger partial charge in [0.05, 0.1) is 12.1 Å². The third-order valence-corrected chi connectivity index (χ3v) is 1.51. The highest BCUT2D eigenvalue weighted by Crippen LogP contribution is 2.08. The second-order valence-electron chi connectivity index (χ2n) is 4.24. The summed E-state index contributed by atoms with van der Waals surface area (Å²) in [4.78, 5) is 11.4. The first-order chi connectivity index (χ1) is 6.37. The molecular weight excluding hydrogens is 180 g/mol. The Hall–Kier alpha value is -1.32.